The van der Waals surface area contributed by atoms with Crippen LogP contribution in [0.5, 0.6) is 0 Å². The lowest BCUT2D eigenvalue weighted by atomic mass is 10.3. The highest BCUT2D eigenvalue weighted by Crippen LogP contribution is 2.16. The second-order valence-corrected chi connectivity index (χ2v) is 4.49. The summed E-state index contributed by atoms with van der Waals surface area (Å²) < 4.78 is 7.19. The lowest BCUT2D eigenvalue weighted by Crippen LogP contribution is -2.14. The van der Waals surface area contributed by atoms with Crippen LogP contribution in [-0.2, 0) is 17.9 Å². The Bertz CT molecular complexity index is 605. The van der Waals surface area contributed by atoms with Crippen molar-refractivity contribution < 1.29 is 4.74 Å². The number of aromatic amines is 1. The van der Waals surface area contributed by atoms with Crippen molar-refractivity contribution in [2.45, 2.75) is 20.1 Å². The van der Waals surface area contributed by atoms with E-state index in [1.54, 1.807) is 18.0 Å². The van der Waals surface area contributed by atoms with Gasteiger partial charge in [0.05, 0.1) is 24.1 Å². The number of rotatable bonds is 4. The van der Waals surface area contributed by atoms with Crippen LogP contribution in [0.1, 0.15) is 12.6 Å². The first kappa shape index (κ1) is 13.0. The van der Waals surface area contributed by atoms with Gasteiger partial charge in [0.1, 0.15) is 10.3 Å². The van der Waals surface area contributed by atoms with Gasteiger partial charge in [-0.25, -0.2) is 4.98 Å². The Hall–Kier alpha value is -1.47. The second-order valence-electron chi connectivity index (χ2n) is 3.69. The number of nitrogens with one attached hydrogen (secondary N) is 1. The third kappa shape index (κ3) is 2.51. The summed E-state index contributed by atoms with van der Waals surface area (Å²) in [5.41, 5.74) is 1.12. The number of ether oxygens (including phenoxy) is 1. The lowest BCUT2D eigenvalue weighted by Gasteiger charge is -2.04. The fraction of sp³-hybridized carbons (Fsp3) is 0.364. The largest absolute Gasteiger partial charge is 0.378 e. The SMILES string of the molecule is CCn1cc(-c2nc(COC)c(Br)c(=O)[nH]2)cn1. The summed E-state index contributed by atoms with van der Waals surface area (Å²) in [6.07, 6.45) is 3.51. The van der Waals surface area contributed by atoms with E-state index in [1.807, 2.05) is 13.1 Å². The molecule has 0 aliphatic rings. The number of methoxy groups -OCH3 is 1. The molecule has 1 N–H and O–H groups in total. The van der Waals surface area contributed by atoms with Gasteiger partial charge >= 0.3 is 0 Å². The molecule has 96 valence electrons. The van der Waals surface area contributed by atoms with E-state index in [9.17, 15) is 4.79 Å². The van der Waals surface area contributed by atoms with E-state index in [4.69, 9.17) is 4.74 Å². The van der Waals surface area contributed by atoms with Crippen molar-refractivity contribution in [3.05, 3.63) is 32.9 Å². The molecule has 0 atom stereocenters. The van der Waals surface area contributed by atoms with E-state index in [2.05, 4.69) is 31.0 Å². The Balaban J connectivity index is 2.48. The average Bonchev–Trinajstić information content (AvgIpc) is 2.83. The second kappa shape index (κ2) is 5.45. The highest BCUT2D eigenvalue weighted by Gasteiger charge is 2.11. The van der Waals surface area contributed by atoms with E-state index in [-0.39, 0.29) is 12.2 Å². The smallest absolute Gasteiger partial charge is 0.265 e. The van der Waals surface area contributed by atoms with Gasteiger partial charge in [0.25, 0.3) is 5.56 Å². The molecule has 0 aliphatic heterocycles. The minimum absolute atomic E-state index is 0.226. The monoisotopic (exact) mass is 312 g/mol. The molecule has 2 heterocycles. The minimum atomic E-state index is -0.226. The summed E-state index contributed by atoms with van der Waals surface area (Å²) in [5, 5.41) is 4.15. The quantitative estimate of drug-likeness (QED) is 0.930. The van der Waals surface area contributed by atoms with Crippen LogP contribution in [0.3, 0.4) is 0 Å². The summed E-state index contributed by atoms with van der Waals surface area (Å²) in [6, 6.07) is 0. The van der Waals surface area contributed by atoms with Gasteiger partial charge < -0.3 is 9.72 Å². The summed E-state index contributed by atoms with van der Waals surface area (Å²) >= 11 is 3.20. The first-order valence-electron chi connectivity index (χ1n) is 5.46. The minimum Gasteiger partial charge on any atom is -0.378 e. The molecule has 0 spiro atoms. The molecule has 2 aromatic heterocycles. The van der Waals surface area contributed by atoms with Crippen molar-refractivity contribution in [2.24, 2.45) is 0 Å². The van der Waals surface area contributed by atoms with Crippen molar-refractivity contribution in [1.29, 1.82) is 0 Å². The number of hydrogen-bond acceptors (Lipinski definition) is 4. The van der Waals surface area contributed by atoms with Crippen LogP contribution in [0.25, 0.3) is 11.4 Å². The summed E-state index contributed by atoms with van der Waals surface area (Å²) in [7, 11) is 1.56. The first-order valence-corrected chi connectivity index (χ1v) is 6.25. The maximum absolute atomic E-state index is 11.8. The fourth-order valence-corrected chi connectivity index (χ4v) is 1.84. The fourth-order valence-electron chi connectivity index (χ4n) is 1.53. The number of aromatic nitrogens is 4. The van der Waals surface area contributed by atoms with Gasteiger partial charge in [-0.3, -0.25) is 9.48 Å². The van der Waals surface area contributed by atoms with Gasteiger partial charge in [-0.05, 0) is 22.9 Å². The predicted octanol–water partition coefficient (Wildman–Crippen LogP) is 1.56. The molecule has 18 heavy (non-hydrogen) atoms. The van der Waals surface area contributed by atoms with Gasteiger partial charge in [0, 0.05) is 19.9 Å². The number of nitrogens with zero attached hydrogens (tertiary/aromatic N) is 3. The molecule has 0 aliphatic carbocycles. The molecular formula is C11H13BrN4O2. The van der Waals surface area contributed by atoms with Crippen LogP contribution in [-0.4, -0.2) is 26.9 Å². The molecule has 2 rings (SSSR count). The topological polar surface area (TPSA) is 72.8 Å². The molecule has 2 aromatic rings. The number of halogens is 1. The molecule has 0 unspecified atom stereocenters. The Kier molecular flexibility index (Phi) is 3.93. The van der Waals surface area contributed by atoms with Crippen molar-refractivity contribution in [1.82, 2.24) is 19.7 Å². The molecule has 0 aromatic carbocycles. The van der Waals surface area contributed by atoms with E-state index < -0.39 is 0 Å². The molecular weight excluding hydrogens is 300 g/mol. The molecule has 0 saturated carbocycles. The van der Waals surface area contributed by atoms with Crippen molar-refractivity contribution in [2.75, 3.05) is 7.11 Å². The van der Waals surface area contributed by atoms with Crippen molar-refractivity contribution >= 4 is 15.9 Å². The van der Waals surface area contributed by atoms with E-state index in [1.165, 1.54) is 0 Å². The maximum atomic E-state index is 11.8. The molecule has 6 nitrogen and oxygen atoms in total. The predicted molar refractivity (Wildman–Crippen MR) is 70.2 cm³/mol. The number of aryl methyl sites for hydroxylation is 1. The standard InChI is InChI=1S/C11H13BrN4O2/c1-3-16-5-7(4-13-16)10-14-8(6-18-2)9(12)11(17)15-10/h4-5H,3,6H2,1-2H3,(H,14,15,17). The molecule has 0 amide bonds. The summed E-state index contributed by atoms with van der Waals surface area (Å²) in [5.74, 6) is 0.495. The molecule has 7 heteroatoms. The van der Waals surface area contributed by atoms with Crippen LogP contribution in [0.2, 0.25) is 0 Å². The third-order valence-electron chi connectivity index (χ3n) is 2.44. The first-order chi connectivity index (χ1) is 8.65. The Morgan fingerprint density at radius 1 is 1.56 bits per heavy atom. The van der Waals surface area contributed by atoms with Crippen LogP contribution in [0.4, 0.5) is 0 Å². The normalized spacial score (nSPS) is 10.8. The Labute approximate surface area is 112 Å². The molecule has 0 radical (unpaired) electrons. The van der Waals surface area contributed by atoms with Crippen molar-refractivity contribution in [3.63, 3.8) is 0 Å². The van der Waals surface area contributed by atoms with Gasteiger partial charge in [-0.1, -0.05) is 0 Å². The van der Waals surface area contributed by atoms with E-state index >= 15 is 0 Å². The van der Waals surface area contributed by atoms with E-state index in [0.29, 0.717) is 16.0 Å². The summed E-state index contributed by atoms with van der Waals surface area (Å²) in [4.78, 5) is 18.8. The zero-order chi connectivity index (χ0) is 13.1. The molecule has 0 bridgehead atoms. The van der Waals surface area contributed by atoms with Gasteiger partial charge in [0.15, 0.2) is 0 Å². The van der Waals surface area contributed by atoms with Crippen LogP contribution in [0.15, 0.2) is 21.7 Å². The molecule has 0 fully saturated rings. The van der Waals surface area contributed by atoms with Crippen LogP contribution < -0.4 is 5.56 Å². The van der Waals surface area contributed by atoms with E-state index in [0.717, 1.165) is 12.1 Å². The number of hydrogen-bond donors (Lipinski definition) is 1. The molecule has 0 saturated heterocycles. The zero-order valence-corrected chi connectivity index (χ0v) is 11.7. The third-order valence-corrected chi connectivity index (χ3v) is 3.26. The summed E-state index contributed by atoms with van der Waals surface area (Å²) in [6.45, 7) is 3.04. The zero-order valence-electron chi connectivity index (χ0n) is 10.1. The van der Waals surface area contributed by atoms with Gasteiger partial charge in [-0.15, -0.1) is 0 Å². The number of H-pyrrole nitrogens is 1. The maximum Gasteiger partial charge on any atom is 0.265 e. The highest BCUT2D eigenvalue weighted by molar-refractivity contribution is 9.10. The van der Waals surface area contributed by atoms with Crippen molar-refractivity contribution in [3.8, 4) is 11.4 Å². The van der Waals surface area contributed by atoms with Gasteiger partial charge in [-0.2, -0.15) is 5.10 Å². The van der Waals surface area contributed by atoms with Crippen LogP contribution >= 0.6 is 15.9 Å². The lowest BCUT2D eigenvalue weighted by molar-refractivity contribution is 0.180. The highest BCUT2D eigenvalue weighted by atomic mass is 79.9. The van der Waals surface area contributed by atoms with Gasteiger partial charge in [0.2, 0.25) is 0 Å². The Morgan fingerprint density at radius 2 is 2.33 bits per heavy atom. The van der Waals surface area contributed by atoms with Crippen LogP contribution in [0, 0.1) is 0 Å². The average molecular weight is 313 g/mol. The Morgan fingerprint density at radius 3 is 2.94 bits per heavy atom.